The maximum Gasteiger partial charge on any atom is 0.221 e. The van der Waals surface area contributed by atoms with Gasteiger partial charge in [0.05, 0.1) is 6.54 Å². The van der Waals surface area contributed by atoms with Crippen LogP contribution in [0.1, 0.15) is 19.4 Å². The van der Waals surface area contributed by atoms with Gasteiger partial charge in [0.2, 0.25) is 5.91 Å². The predicted molar refractivity (Wildman–Crippen MR) is 105 cm³/mol. The number of aliphatic imine (C=N–C) groups is 1. The number of hydrogen-bond donors (Lipinski definition) is 3. The molecule has 0 heterocycles. The number of halogens is 1. The van der Waals surface area contributed by atoms with E-state index < -0.39 is 0 Å². The number of ether oxygens (including phenoxy) is 1. The van der Waals surface area contributed by atoms with E-state index in [9.17, 15) is 9.18 Å². The van der Waals surface area contributed by atoms with E-state index >= 15 is 0 Å². The Morgan fingerprint density at radius 3 is 2.59 bits per heavy atom. The van der Waals surface area contributed by atoms with Crippen LogP contribution in [0, 0.1) is 5.82 Å². The van der Waals surface area contributed by atoms with Gasteiger partial charge in [-0.1, -0.05) is 12.1 Å². The average Bonchev–Trinajstić information content (AvgIpc) is 2.63. The average molecular weight is 372 g/mol. The van der Waals surface area contributed by atoms with Crippen molar-refractivity contribution in [3.63, 3.8) is 0 Å². The van der Waals surface area contributed by atoms with Crippen LogP contribution < -0.4 is 20.7 Å². The van der Waals surface area contributed by atoms with E-state index in [1.807, 2.05) is 31.2 Å². The van der Waals surface area contributed by atoms with E-state index in [2.05, 4.69) is 20.9 Å². The standard InChI is InChI=1S/C20H25FN4O2/c1-14(27-19-9-7-17(21)8-10-19)12-23-20(22-3)24-13-16-5-4-6-18(11-16)25-15(2)26/h4-11,14H,12-13H2,1-3H3,(H,25,26)(H2,22,23,24). The van der Waals surface area contributed by atoms with E-state index in [0.29, 0.717) is 24.8 Å². The molecule has 0 saturated carbocycles. The minimum Gasteiger partial charge on any atom is -0.489 e. The van der Waals surface area contributed by atoms with Crippen molar-refractivity contribution in [2.24, 2.45) is 4.99 Å². The summed E-state index contributed by atoms with van der Waals surface area (Å²) in [6, 6.07) is 13.5. The predicted octanol–water partition coefficient (Wildman–Crippen LogP) is 2.92. The van der Waals surface area contributed by atoms with Crippen molar-refractivity contribution in [3.8, 4) is 5.75 Å². The molecule has 0 fully saturated rings. The van der Waals surface area contributed by atoms with E-state index in [0.717, 1.165) is 11.3 Å². The second-order valence-corrected chi connectivity index (χ2v) is 6.07. The molecule has 144 valence electrons. The summed E-state index contributed by atoms with van der Waals surface area (Å²) in [6.45, 7) is 4.48. The van der Waals surface area contributed by atoms with Crippen LogP contribution in [0.15, 0.2) is 53.5 Å². The monoisotopic (exact) mass is 372 g/mol. The van der Waals surface area contributed by atoms with Gasteiger partial charge in [0.25, 0.3) is 0 Å². The Bertz CT molecular complexity index is 778. The Morgan fingerprint density at radius 2 is 1.93 bits per heavy atom. The zero-order valence-corrected chi connectivity index (χ0v) is 15.8. The largest absolute Gasteiger partial charge is 0.489 e. The Labute approximate surface area is 158 Å². The van der Waals surface area contributed by atoms with Crippen LogP contribution in [0.25, 0.3) is 0 Å². The quantitative estimate of drug-likeness (QED) is 0.516. The first-order chi connectivity index (χ1) is 13.0. The van der Waals surface area contributed by atoms with E-state index in [-0.39, 0.29) is 17.8 Å². The normalized spacial score (nSPS) is 12.2. The number of amides is 1. The molecule has 0 aromatic heterocycles. The molecule has 3 N–H and O–H groups in total. The molecule has 0 aliphatic carbocycles. The van der Waals surface area contributed by atoms with Gasteiger partial charge in [-0.2, -0.15) is 0 Å². The SMILES string of the molecule is CN=C(NCc1cccc(NC(C)=O)c1)NCC(C)Oc1ccc(F)cc1. The highest BCUT2D eigenvalue weighted by Gasteiger charge is 2.06. The molecule has 1 amide bonds. The van der Waals surface area contributed by atoms with Gasteiger partial charge in [-0.05, 0) is 48.9 Å². The maximum atomic E-state index is 12.9. The molecule has 2 aromatic carbocycles. The third-order valence-corrected chi connectivity index (χ3v) is 3.64. The number of nitrogens with zero attached hydrogens (tertiary/aromatic N) is 1. The van der Waals surface area contributed by atoms with Gasteiger partial charge in [-0.15, -0.1) is 0 Å². The Kier molecular flexibility index (Phi) is 7.61. The van der Waals surface area contributed by atoms with Crippen LogP contribution in [0.2, 0.25) is 0 Å². The molecule has 2 aromatic rings. The minimum atomic E-state index is -0.291. The minimum absolute atomic E-state index is 0.104. The van der Waals surface area contributed by atoms with Crippen molar-refractivity contribution in [1.82, 2.24) is 10.6 Å². The number of nitrogens with one attached hydrogen (secondary N) is 3. The van der Waals surface area contributed by atoms with Crippen molar-refractivity contribution in [1.29, 1.82) is 0 Å². The first-order valence-corrected chi connectivity index (χ1v) is 8.69. The number of anilines is 1. The second-order valence-electron chi connectivity index (χ2n) is 6.07. The van der Waals surface area contributed by atoms with Gasteiger partial charge in [0, 0.05) is 26.2 Å². The van der Waals surface area contributed by atoms with Crippen molar-refractivity contribution >= 4 is 17.6 Å². The lowest BCUT2D eigenvalue weighted by Crippen LogP contribution is -2.41. The van der Waals surface area contributed by atoms with E-state index in [4.69, 9.17) is 4.74 Å². The molecule has 0 saturated heterocycles. The summed E-state index contributed by atoms with van der Waals surface area (Å²) >= 11 is 0. The summed E-state index contributed by atoms with van der Waals surface area (Å²) in [5.74, 6) is 0.853. The van der Waals surface area contributed by atoms with Gasteiger partial charge in [0.1, 0.15) is 17.7 Å². The molecular weight excluding hydrogens is 347 g/mol. The topological polar surface area (TPSA) is 74.8 Å². The molecule has 1 unspecified atom stereocenters. The van der Waals surface area contributed by atoms with Gasteiger partial charge in [-0.25, -0.2) is 4.39 Å². The Balaban J connectivity index is 1.80. The molecule has 0 spiro atoms. The third-order valence-electron chi connectivity index (χ3n) is 3.64. The summed E-state index contributed by atoms with van der Waals surface area (Å²) in [6.07, 6.45) is -0.128. The molecular formula is C20H25FN4O2. The number of rotatable bonds is 7. The van der Waals surface area contributed by atoms with Crippen molar-refractivity contribution in [2.45, 2.75) is 26.5 Å². The fourth-order valence-electron chi connectivity index (χ4n) is 2.40. The highest BCUT2D eigenvalue weighted by atomic mass is 19.1. The smallest absolute Gasteiger partial charge is 0.221 e. The Morgan fingerprint density at radius 1 is 1.19 bits per heavy atom. The van der Waals surface area contributed by atoms with Gasteiger partial charge < -0.3 is 20.7 Å². The number of benzene rings is 2. The van der Waals surface area contributed by atoms with E-state index in [1.165, 1.54) is 19.1 Å². The van der Waals surface area contributed by atoms with Gasteiger partial charge >= 0.3 is 0 Å². The molecule has 0 bridgehead atoms. The van der Waals surface area contributed by atoms with Crippen LogP contribution in [-0.4, -0.2) is 31.6 Å². The lowest BCUT2D eigenvalue weighted by atomic mass is 10.2. The van der Waals surface area contributed by atoms with Crippen molar-refractivity contribution in [2.75, 3.05) is 18.9 Å². The van der Waals surface area contributed by atoms with Crippen LogP contribution in [0.3, 0.4) is 0 Å². The first kappa shape index (κ1) is 20.2. The fraction of sp³-hybridized carbons (Fsp3) is 0.300. The lowest BCUT2D eigenvalue weighted by molar-refractivity contribution is -0.114. The molecule has 0 radical (unpaired) electrons. The van der Waals surface area contributed by atoms with Crippen LogP contribution >= 0.6 is 0 Å². The molecule has 1 atom stereocenters. The zero-order valence-electron chi connectivity index (χ0n) is 15.8. The second kappa shape index (κ2) is 10.2. The summed E-state index contributed by atoms with van der Waals surface area (Å²) in [7, 11) is 1.69. The highest BCUT2D eigenvalue weighted by Crippen LogP contribution is 2.13. The maximum absolute atomic E-state index is 12.9. The molecule has 27 heavy (non-hydrogen) atoms. The van der Waals surface area contributed by atoms with Crippen molar-refractivity contribution in [3.05, 3.63) is 59.9 Å². The number of hydrogen-bond acceptors (Lipinski definition) is 3. The van der Waals surface area contributed by atoms with Crippen LogP contribution in [0.5, 0.6) is 5.75 Å². The summed E-state index contributed by atoms with van der Waals surface area (Å²) in [4.78, 5) is 15.3. The Hall–Kier alpha value is -3.09. The molecule has 6 nitrogen and oxygen atoms in total. The fourth-order valence-corrected chi connectivity index (χ4v) is 2.40. The van der Waals surface area contributed by atoms with Crippen molar-refractivity contribution < 1.29 is 13.9 Å². The lowest BCUT2D eigenvalue weighted by Gasteiger charge is -2.18. The van der Waals surface area contributed by atoms with Gasteiger partial charge in [-0.3, -0.25) is 9.79 Å². The summed E-state index contributed by atoms with van der Waals surface area (Å²) in [5.41, 5.74) is 1.77. The van der Waals surface area contributed by atoms with E-state index in [1.54, 1.807) is 19.2 Å². The molecule has 7 heteroatoms. The summed E-state index contributed by atoms with van der Waals surface area (Å²) in [5, 5.41) is 9.16. The number of guanidine groups is 1. The molecule has 0 aliphatic heterocycles. The van der Waals surface area contributed by atoms with Crippen LogP contribution in [-0.2, 0) is 11.3 Å². The number of carbonyl (C=O) groups excluding carboxylic acids is 1. The van der Waals surface area contributed by atoms with Crippen LogP contribution in [0.4, 0.5) is 10.1 Å². The molecule has 2 rings (SSSR count). The number of carbonyl (C=O) groups is 1. The highest BCUT2D eigenvalue weighted by molar-refractivity contribution is 5.88. The summed E-state index contributed by atoms with van der Waals surface area (Å²) < 4.78 is 18.7. The van der Waals surface area contributed by atoms with Gasteiger partial charge in [0.15, 0.2) is 5.96 Å². The zero-order chi connectivity index (χ0) is 19.6. The first-order valence-electron chi connectivity index (χ1n) is 8.69. The third kappa shape index (κ3) is 7.35. The molecule has 0 aliphatic rings.